The minimum Gasteiger partial charge on any atom is -0.465 e. The fourth-order valence-corrected chi connectivity index (χ4v) is 2.34. The molecule has 0 aromatic heterocycles. The minimum atomic E-state index is -0.258. The number of methoxy groups -OCH3 is 1. The van der Waals surface area contributed by atoms with Crippen LogP contribution in [0.4, 0.5) is 0 Å². The first-order valence-electron chi connectivity index (χ1n) is 7.61. The highest BCUT2D eigenvalue weighted by Gasteiger charge is 2.12. The lowest BCUT2D eigenvalue weighted by molar-refractivity contribution is 0.0600. The average Bonchev–Trinajstić information content (AvgIpc) is 2.50. The molecule has 0 amide bonds. The van der Waals surface area contributed by atoms with Crippen molar-refractivity contribution in [2.24, 2.45) is 0 Å². The lowest BCUT2D eigenvalue weighted by atomic mass is 9.96. The van der Waals surface area contributed by atoms with Crippen LogP contribution in [0.1, 0.15) is 68.3 Å². The van der Waals surface area contributed by atoms with Crippen molar-refractivity contribution in [1.82, 2.24) is 0 Å². The Labute approximate surface area is 122 Å². The Balaban J connectivity index is 2.84. The van der Waals surface area contributed by atoms with E-state index in [1.807, 2.05) is 24.3 Å². The molecule has 0 bridgehead atoms. The van der Waals surface area contributed by atoms with Gasteiger partial charge in [-0.05, 0) is 36.5 Å². The predicted molar refractivity (Wildman–Crippen MR) is 84.8 cm³/mol. The van der Waals surface area contributed by atoms with Gasteiger partial charge in [-0.3, -0.25) is 0 Å². The van der Waals surface area contributed by atoms with Gasteiger partial charge >= 0.3 is 5.97 Å². The Morgan fingerprint density at radius 2 is 1.80 bits per heavy atom. The van der Waals surface area contributed by atoms with Crippen LogP contribution in [0, 0.1) is 0 Å². The molecular weight excluding hydrogens is 248 g/mol. The molecule has 1 aromatic rings. The molecule has 1 aromatic carbocycles. The number of hydrogen-bond donors (Lipinski definition) is 0. The van der Waals surface area contributed by atoms with Gasteiger partial charge in [-0.25, -0.2) is 4.79 Å². The molecule has 110 valence electrons. The van der Waals surface area contributed by atoms with Crippen LogP contribution in [-0.2, 0) is 4.74 Å². The highest BCUT2D eigenvalue weighted by atomic mass is 16.5. The van der Waals surface area contributed by atoms with E-state index >= 15 is 0 Å². The molecule has 0 aliphatic carbocycles. The number of unbranched alkanes of at least 4 members (excludes halogenated alkanes) is 4. The number of ether oxygens (including phenoxy) is 1. The fourth-order valence-electron chi connectivity index (χ4n) is 2.34. The Morgan fingerprint density at radius 3 is 2.40 bits per heavy atom. The maximum atomic E-state index is 11.8. The third-order valence-corrected chi connectivity index (χ3v) is 3.51. The first-order valence-corrected chi connectivity index (χ1v) is 7.61. The van der Waals surface area contributed by atoms with Crippen LogP contribution >= 0.6 is 0 Å². The van der Waals surface area contributed by atoms with E-state index in [0.717, 1.165) is 18.4 Å². The number of carbonyl (C=O) groups excluding carboxylic acids is 1. The summed E-state index contributed by atoms with van der Waals surface area (Å²) in [6.45, 7) is 4.35. The van der Waals surface area contributed by atoms with E-state index in [2.05, 4.69) is 19.9 Å². The number of benzene rings is 1. The zero-order valence-corrected chi connectivity index (χ0v) is 12.9. The van der Waals surface area contributed by atoms with Crippen LogP contribution in [0.5, 0.6) is 0 Å². The lowest BCUT2D eigenvalue weighted by Gasteiger charge is -2.10. The van der Waals surface area contributed by atoms with Gasteiger partial charge in [0.25, 0.3) is 0 Å². The van der Waals surface area contributed by atoms with Crippen molar-refractivity contribution in [3.8, 4) is 0 Å². The van der Waals surface area contributed by atoms with Gasteiger partial charge < -0.3 is 4.74 Å². The molecule has 0 unspecified atom stereocenters. The smallest absolute Gasteiger partial charge is 0.338 e. The predicted octanol–water partition coefficient (Wildman–Crippen LogP) is 5.24. The van der Waals surface area contributed by atoms with Gasteiger partial charge in [0.15, 0.2) is 0 Å². The Kier molecular flexibility index (Phi) is 7.71. The van der Waals surface area contributed by atoms with E-state index in [4.69, 9.17) is 4.74 Å². The number of allylic oxidation sites excluding steroid dienone is 2. The van der Waals surface area contributed by atoms with Crippen LogP contribution in [0.15, 0.2) is 30.3 Å². The molecular formula is C18H26O2. The molecule has 0 fully saturated rings. The van der Waals surface area contributed by atoms with Crippen molar-refractivity contribution in [3.05, 3.63) is 41.5 Å². The van der Waals surface area contributed by atoms with Crippen molar-refractivity contribution >= 4 is 11.5 Å². The normalized spacial score (nSPS) is 11.4. The number of carbonyl (C=O) groups is 1. The van der Waals surface area contributed by atoms with E-state index < -0.39 is 0 Å². The van der Waals surface area contributed by atoms with Crippen molar-refractivity contribution in [2.45, 2.75) is 52.4 Å². The topological polar surface area (TPSA) is 26.3 Å². The van der Waals surface area contributed by atoms with Gasteiger partial charge in [0.1, 0.15) is 0 Å². The Morgan fingerprint density at radius 1 is 1.10 bits per heavy atom. The lowest BCUT2D eigenvalue weighted by Crippen LogP contribution is -2.05. The van der Waals surface area contributed by atoms with Gasteiger partial charge in [-0.2, -0.15) is 0 Å². The molecule has 0 aliphatic heterocycles. The van der Waals surface area contributed by atoms with Gasteiger partial charge in [0, 0.05) is 0 Å². The molecule has 2 heteroatoms. The molecule has 0 aliphatic rings. The maximum Gasteiger partial charge on any atom is 0.338 e. The molecule has 0 atom stereocenters. The molecule has 20 heavy (non-hydrogen) atoms. The summed E-state index contributed by atoms with van der Waals surface area (Å²) in [6.07, 6.45) is 9.35. The SMILES string of the molecule is CCCCCCC=C(CC)c1ccccc1C(=O)OC. The summed E-state index contributed by atoms with van der Waals surface area (Å²) in [7, 11) is 1.43. The van der Waals surface area contributed by atoms with Crippen LogP contribution in [0.25, 0.3) is 5.57 Å². The zero-order chi connectivity index (χ0) is 14.8. The monoisotopic (exact) mass is 274 g/mol. The van der Waals surface area contributed by atoms with E-state index in [1.54, 1.807) is 0 Å². The van der Waals surface area contributed by atoms with Crippen molar-refractivity contribution in [2.75, 3.05) is 7.11 Å². The molecule has 0 heterocycles. The zero-order valence-electron chi connectivity index (χ0n) is 12.9. The summed E-state index contributed by atoms with van der Waals surface area (Å²) in [6, 6.07) is 7.70. The van der Waals surface area contributed by atoms with E-state index in [1.165, 1.54) is 38.4 Å². The summed E-state index contributed by atoms with van der Waals surface area (Å²) in [5, 5.41) is 0. The summed E-state index contributed by atoms with van der Waals surface area (Å²) >= 11 is 0. The van der Waals surface area contributed by atoms with E-state index in [9.17, 15) is 4.79 Å². The highest BCUT2D eigenvalue weighted by Crippen LogP contribution is 2.24. The largest absolute Gasteiger partial charge is 0.465 e. The highest BCUT2D eigenvalue weighted by molar-refractivity contribution is 5.95. The third-order valence-electron chi connectivity index (χ3n) is 3.51. The summed E-state index contributed by atoms with van der Waals surface area (Å²) in [5.41, 5.74) is 2.91. The number of rotatable bonds is 8. The minimum absolute atomic E-state index is 0.258. The average molecular weight is 274 g/mol. The number of hydrogen-bond acceptors (Lipinski definition) is 2. The van der Waals surface area contributed by atoms with Crippen LogP contribution in [0.3, 0.4) is 0 Å². The number of esters is 1. The second kappa shape index (κ2) is 9.35. The standard InChI is InChI=1S/C18H26O2/c1-4-6-7-8-9-12-15(5-2)16-13-10-11-14-17(16)18(19)20-3/h10-14H,4-9H2,1-3H3. The van der Waals surface area contributed by atoms with Gasteiger partial charge in [-0.1, -0.05) is 57.4 Å². The second-order valence-electron chi connectivity index (χ2n) is 4.97. The maximum absolute atomic E-state index is 11.8. The van der Waals surface area contributed by atoms with Gasteiger partial charge in [0.2, 0.25) is 0 Å². The molecule has 0 saturated carbocycles. The van der Waals surface area contributed by atoms with Crippen molar-refractivity contribution in [1.29, 1.82) is 0 Å². The van der Waals surface area contributed by atoms with Crippen LogP contribution in [-0.4, -0.2) is 13.1 Å². The van der Waals surface area contributed by atoms with E-state index in [-0.39, 0.29) is 5.97 Å². The molecule has 1 rings (SSSR count). The third kappa shape index (κ3) is 4.84. The van der Waals surface area contributed by atoms with Crippen molar-refractivity contribution < 1.29 is 9.53 Å². The Bertz CT molecular complexity index is 446. The first kappa shape index (κ1) is 16.5. The van der Waals surface area contributed by atoms with Crippen LogP contribution < -0.4 is 0 Å². The molecule has 0 spiro atoms. The van der Waals surface area contributed by atoms with E-state index in [0.29, 0.717) is 5.56 Å². The molecule has 2 nitrogen and oxygen atoms in total. The molecule has 0 radical (unpaired) electrons. The summed E-state index contributed by atoms with van der Waals surface area (Å²) in [5.74, 6) is -0.258. The quantitative estimate of drug-likeness (QED) is 0.479. The van der Waals surface area contributed by atoms with Gasteiger partial charge in [-0.15, -0.1) is 0 Å². The summed E-state index contributed by atoms with van der Waals surface area (Å²) in [4.78, 5) is 11.8. The molecule has 0 N–H and O–H groups in total. The summed E-state index contributed by atoms with van der Waals surface area (Å²) < 4.78 is 4.86. The first-order chi connectivity index (χ1) is 9.74. The van der Waals surface area contributed by atoms with Crippen molar-refractivity contribution in [3.63, 3.8) is 0 Å². The van der Waals surface area contributed by atoms with Crippen LogP contribution in [0.2, 0.25) is 0 Å². The second-order valence-corrected chi connectivity index (χ2v) is 4.97. The molecule has 0 saturated heterocycles. The Hall–Kier alpha value is -1.57. The fraction of sp³-hybridized carbons (Fsp3) is 0.500. The van der Waals surface area contributed by atoms with Gasteiger partial charge in [0.05, 0.1) is 12.7 Å².